The first-order valence-corrected chi connectivity index (χ1v) is 10.0. The molecule has 33 heavy (non-hydrogen) atoms. The number of hydrogen-bond donors (Lipinski definition) is 3. The lowest BCUT2D eigenvalue weighted by Crippen LogP contribution is -2.44. The number of aryl methyl sites for hydroxylation is 1. The average Bonchev–Trinajstić information content (AvgIpc) is 3.19. The molecule has 168 valence electrons. The van der Waals surface area contributed by atoms with Crippen molar-refractivity contribution in [3.05, 3.63) is 83.4 Å². The summed E-state index contributed by atoms with van der Waals surface area (Å²) in [5.41, 5.74) is 2.99. The zero-order chi connectivity index (χ0) is 23.5. The third-order valence-corrected chi connectivity index (χ3v) is 4.96. The molecule has 0 spiro atoms. The van der Waals surface area contributed by atoms with E-state index in [1.54, 1.807) is 6.07 Å². The number of rotatable bonds is 6. The van der Waals surface area contributed by atoms with Crippen molar-refractivity contribution in [3.63, 3.8) is 0 Å². The number of carboxylic acid groups (broad SMARTS) is 1. The molecule has 3 aromatic carbocycles. The highest BCUT2D eigenvalue weighted by Gasteiger charge is 2.21. The minimum Gasteiger partial charge on any atom is -0.480 e. The zero-order valence-electron chi connectivity index (χ0n) is 17.4. The van der Waals surface area contributed by atoms with E-state index in [-0.39, 0.29) is 18.0 Å². The van der Waals surface area contributed by atoms with E-state index in [2.05, 4.69) is 15.6 Å². The number of nitrogens with one attached hydrogen (secondary N) is 2. The fraction of sp³-hybridized carbons (Fsp3) is 0.125. The average molecular weight is 451 g/mol. The van der Waals surface area contributed by atoms with E-state index in [0.717, 1.165) is 5.56 Å². The number of oxazole rings is 1. The Morgan fingerprint density at radius 1 is 1.06 bits per heavy atom. The van der Waals surface area contributed by atoms with Crippen LogP contribution in [-0.2, 0) is 11.2 Å². The smallest absolute Gasteiger partial charge is 0.326 e. The molecule has 0 aliphatic rings. The van der Waals surface area contributed by atoms with E-state index in [0.29, 0.717) is 22.2 Å². The lowest BCUT2D eigenvalue weighted by Gasteiger charge is -2.15. The number of hydrogen-bond acceptors (Lipinski definition) is 4. The Morgan fingerprint density at radius 2 is 1.82 bits per heavy atom. The van der Waals surface area contributed by atoms with Gasteiger partial charge < -0.3 is 20.2 Å². The predicted octanol–water partition coefficient (Wildman–Crippen LogP) is 4.90. The molecule has 0 bridgehead atoms. The lowest BCUT2D eigenvalue weighted by atomic mass is 10.1. The van der Waals surface area contributed by atoms with Crippen molar-refractivity contribution in [2.75, 3.05) is 5.32 Å². The van der Waals surface area contributed by atoms with E-state index in [4.69, 9.17) is 4.42 Å². The van der Waals surface area contributed by atoms with Crippen molar-refractivity contribution in [1.82, 2.24) is 10.3 Å². The highest BCUT2D eigenvalue weighted by atomic mass is 19.1. The van der Waals surface area contributed by atoms with Gasteiger partial charge in [0.1, 0.15) is 23.2 Å². The van der Waals surface area contributed by atoms with Crippen LogP contribution in [0.3, 0.4) is 0 Å². The first-order chi connectivity index (χ1) is 15.8. The van der Waals surface area contributed by atoms with E-state index in [1.807, 2.05) is 19.1 Å². The number of nitrogens with zero attached hydrogens (tertiary/aromatic N) is 1. The number of carbonyl (C=O) groups excluding carboxylic acids is 1. The molecule has 1 heterocycles. The fourth-order valence-corrected chi connectivity index (χ4v) is 3.28. The number of urea groups is 1. The predicted molar refractivity (Wildman–Crippen MR) is 118 cm³/mol. The molecule has 0 aliphatic carbocycles. The van der Waals surface area contributed by atoms with Gasteiger partial charge in [0, 0.05) is 12.0 Å². The van der Waals surface area contributed by atoms with Gasteiger partial charge in [-0.1, -0.05) is 18.2 Å². The number of aromatic nitrogens is 1. The van der Waals surface area contributed by atoms with Crippen LogP contribution in [0.5, 0.6) is 0 Å². The topological polar surface area (TPSA) is 104 Å². The van der Waals surface area contributed by atoms with Crippen LogP contribution in [0.25, 0.3) is 22.6 Å². The highest BCUT2D eigenvalue weighted by Crippen LogP contribution is 2.27. The monoisotopic (exact) mass is 451 g/mol. The zero-order valence-corrected chi connectivity index (χ0v) is 17.4. The molecule has 0 radical (unpaired) electrons. The molecule has 0 unspecified atom stereocenters. The second-order valence-electron chi connectivity index (χ2n) is 7.50. The van der Waals surface area contributed by atoms with Crippen LogP contribution in [0.15, 0.2) is 65.1 Å². The summed E-state index contributed by atoms with van der Waals surface area (Å²) in [6.07, 6.45) is -0.0678. The molecule has 2 amide bonds. The number of anilines is 1. The second-order valence-corrected chi connectivity index (χ2v) is 7.50. The number of amides is 2. The Hall–Kier alpha value is -4.27. The lowest BCUT2D eigenvalue weighted by molar-refractivity contribution is -0.139. The van der Waals surface area contributed by atoms with Crippen molar-refractivity contribution in [2.24, 2.45) is 0 Å². The van der Waals surface area contributed by atoms with Crippen molar-refractivity contribution >= 4 is 28.8 Å². The molecule has 4 aromatic rings. The van der Waals surface area contributed by atoms with Gasteiger partial charge in [0.25, 0.3) is 0 Å². The Kier molecular flexibility index (Phi) is 6.03. The first kappa shape index (κ1) is 21.9. The van der Waals surface area contributed by atoms with Crippen LogP contribution in [0.4, 0.5) is 19.3 Å². The molecule has 7 nitrogen and oxygen atoms in total. The SMILES string of the molecule is Cc1ccc2oc(-c3ccc(NC(=O)N[C@H](Cc4ccc(F)cc4)C(=O)O)c(F)c3)nc2c1. The second kappa shape index (κ2) is 9.07. The van der Waals surface area contributed by atoms with Crippen molar-refractivity contribution < 1.29 is 27.9 Å². The Balaban J connectivity index is 1.45. The number of halogens is 2. The minimum absolute atomic E-state index is 0.0678. The Morgan fingerprint density at radius 3 is 2.52 bits per heavy atom. The van der Waals surface area contributed by atoms with Crippen molar-refractivity contribution in [1.29, 1.82) is 0 Å². The van der Waals surface area contributed by atoms with Crippen LogP contribution in [0.1, 0.15) is 11.1 Å². The molecule has 0 saturated heterocycles. The van der Waals surface area contributed by atoms with Gasteiger partial charge in [-0.05, 0) is 60.5 Å². The summed E-state index contributed by atoms with van der Waals surface area (Å²) in [4.78, 5) is 28.2. The molecule has 0 fully saturated rings. The van der Waals surface area contributed by atoms with Crippen LogP contribution in [0.2, 0.25) is 0 Å². The summed E-state index contributed by atoms with van der Waals surface area (Å²) < 4.78 is 33.3. The minimum atomic E-state index is -1.29. The largest absolute Gasteiger partial charge is 0.480 e. The number of aliphatic carboxylic acids is 1. The molecule has 1 aromatic heterocycles. The van der Waals surface area contributed by atoms with Gasteiger partial charge in [0.05, 0.1) is 5.69 Å². The summed E-state index contributed by atoms with van der Waals surface area (Å²) in [5.74, 6) is -2.25. The summed E-state index contributed by atoms with van der Waals surface area (Å²) in [7, 11) is 0. The van der Waals surface area contributed by atoms with Crippen LogP contribution < -0.4 is 10.6 Å². The van der Waals surface area contributed by atoms with Crippen molar-refractivity contribution in [3.8, 4) is 11.5 Å². The maximum absolute atomic E-state index is 14.6. The normalized spacial score (nSPS) is 11.8. The molecule has 1 atom stereocenters. The highest BCUT2D eigenvalue weighted by molar-refractivity contribution is 5.92. The molecule has 3 N–H and O–H groups in total. The molecule has 4 rings (SSSR count). The van der Waals surface area contributed by atoms with E-state index >= 15 is 0 Å². The summed E-state index contributed by atoms with van der Waals surface area (Å²) in [6.45, 7) is 1.92. The maximum Gasteiger partial charge on any atom is 0.326 e. The number of carbonyl (C=O) groups is 2. The third-order valence-electron chi connectivity index (χ3n) is 4.96. The molecular weight excluding hydrogens is 432 g/mol. The maximum atomic E-state index is 14.6. The van der Waals surface area contributed by atoms with Crippen molar-refractivity contribution in [2.45, 2.75) is 19.4 Å². The van der Waals surface area contributed by atoms with Gasteiger partial charge in [-0.3, -0.25) is 0 Å². The first-order valence-electron chi connectivity index (χ1n) is 10.0. The van der Waals surface area contributed by atoms with Gasteiger partial charge in [0.2, 0.25) is 5.89 Å². The van der Waals surface area contributed by atoms with Gasteiger partial charge in [-0.2, -0.15) is 0 Å². The van der Waals surface area contributed by atoms with Gasteiger partial charge in [-0.15, -0.1) is 0 Å². The van der Waals surface area contributed by atoms with Gasteiger partial charge in [-0.25, -0.2) is 23.4 Å². The summed E-state index contributed by atoms with van der Waals surface area (Å²) >= 11 is 0. The van der Waals surface area contributed by atoms with Crippen LogP contribution in [-0.4, -0.2) is 28.1 Å². The molecule has 0 aliphatic heterocycles. The standard InChI is InChI=1S/C24H19F2N3O4/c1-13-2-9-21-19(10-13)27-22(33-21)15-5-8-18(17(26)12-15)28-24(32)29-20(23(30)31)11-14-3-6-16(25)7-4-14/h2-10,12,20H,11H2,1H3,(H,30,31)(H2,28,29,32)/t20-/m1/s1. The number of fused-ring (bicyclic) bond motifs is 1. The Bertz CT molecular complexity index is 1340. The van der Waals surface area contributed by atoms with E-state index < -0.39 is 29.7 Å². The van der Waals surface area contributed by atoms with Gasteiger partial charge in [0.15, 0.2) is 5.58 Å². The van der Waals surface area contributed by atoms with Crippen LogP contribution in [0, 0.1) is 18.6 Å². The van der Waals surface area contributed by atoms with E-state index in [9.17, 15) is 23.5 Å². The van der Waals surface area contributed by atoms with E-state index in [1.165, 1.54) is 42.5 Å². The summed E-state index contributed by atoms with van der Waals surface area (Å²) in [5, 5.41) is 14.0. The van der Waals surface area contributed by atoms with Crippen LogP contribution >= 0.6 is 0 Å². The molecule has 9 heteroatoms. The fourth-order valence-electron chi connectivity index (χ4n) is 3.28. The van der Waals surface area contributed by atoms with Gasteiger partial charge >= 0.3 is 12.0 Å². The quantitative estimate of drug-likeness (QED) is 0.387. The third kappa shape index (κ3) is 5.15. The number of benzene rings is 3. The summed E-state index contributed by atoms with van der Waals surface area (Å²) in [6, 6.07) is 12.6. The molecule has 0 saturated carbocycles. The molecular formula is C24H19F2N3O4. The number of carboxylic acids is 1. The Labute approximate surface area is 187 Å².